The molecule has 0 bridgehead atoms. The van der Waals surface area contributed by atoms with Crippen LogP contribution in [0.1, 0.15) is 16.4 Å². The van der Waals surface area contributed by atoms with Gasteiger partial charge in [-0.05, 0) is 35.4 Å². The number of benzene rings is 3. The van der Waals surface area contributed by atoms with Gasteiger partial charge in [0.2, 0.25) is 5.91 Å². The number of thioether (sulfide) groups is 1. The molecule has 1 amide bonds. The number of hydrogen-bond donors (Lipinski definition) is 2. The van der Waals surface area contributed by atoms with Crippen molar-refractivity contribution >= 4 is 28.7 Å². The molecule has 0 saturated heterocycles. The van der Waals surface area contributed by atoms with Crippen LogP contribution in [-0.2, 0) is 11.3 Å². The predicted molar refractivity (Wildman–Crippen MR) is 109 cm³/mol. The Hall–Kier alpha value is -3.12. The molecule has 0 saturated carbocycles. The van der Waals surface area contributed by atoms with Crippen molar-refractivity contribution in [1.82, 2.24) is 15.3 Å². The molecule has 2 N–H and O–H groups in total. The van der Waals surface area contributed by atoms with Gasteiger partial charge in [-0.3, -0.25) is 4.79 Å². The molecule has 0 aliphatic heterocycles. The first-order chi connectivity index (χ1) is 13.7. The van der Waals surface area contributed by atoms with Gasteiger partial charge in [0.25, 0.3) is 0 Å². The zero-order valence-corrected chi connectivity index (χ0v) is 15.7. The monoisotopic (exact) mass is 391 g/mol. The second-order valence-corrected chi connectivity index (χ2v) is 7.41. The van der Waals surface area contributed by atoms with Crippen LogP contribution in [0.2, 0.25) is 0 Å². The van der Waals surface area contributed by atoms with Crippen LogP contribution in [-0.4, -0.2) is 15.9 Å². The molecule has 0 spiro atoms. The van der Waals surface area contributed by atoms with Gasteiger partial charge in [-0.25, -0.2) is 9.37 Å². The molecule has 0 radical (unpaired) electrons. The minimum Gasteiger partial charge on any atom is -0.351 e. The quantitative estimate of drug-likeness (QED) is 0.462. The largest absolute Gasteiger partial charge is 0.351 e. The van der Waals surface area contributed by atoms with Gasteiger partial charge in [0.15, 0.2) is 5.16 Å². The van der Waals surface area contributed by atoms with Crippen molar-refractivity contribution in [2.75, 3.05) is 0 Å². The van der Waals surface area contributed by atoms with Crippen molar-refractivity contribution < 1.29 is 9.18 Å². The summed E-state index contributed by atoms with van der Waals surface area (Å²) in [6, 6.07) is 23.5. The van der Waals surface area contributed by atoms with E-state index >= 15 is 0 Å². The van der Waals surface area contributed by atoms with Gasteiger partial charge in [-0.15, -0.1) is 0 Å². The van der Waals surface area contributed by atoms with Crippen LogP contribution < -0.4 is 5.32 Å². The number of amides is 1. The van der Waals surface area contributed by atoms with E-state index in [2.05, 4.69) is 15.3 Å². The molecule has 28 heavy (non-hydrogen) atoms. The maximum atomic E-state index is 13.1. The van der Waals surface area contributed by atoms with E-state index in [0.29, 0.717) is 11.7 Å². The molecular weight excluding hydrogens is 373 g/mol. The molecule has 140 valence electrons. The van der Waals surface area contributed by atoms with Crippen LogP contribution in [0.15, 0.2) is 84.0 Å². The highest BCUT2D eigenvalue weighted by atomic mass is 32.2. The molecule has 4 nitrogen and oxygen atoms in total. The summed E-state index contributed by atoms with van der Waals surface area (Å²) < 4.78 is 13.1. The zero-order chi connectivity index (χ0) is 19.3. The molecule has 4 aromatic rings. The molecule has 1 aromatic heterocycles. The normalized spacial score (nSPS) is 12.0. The second-order valence-electron chi connectivity index (χ2n) is 6.31. The topological polar surface area (TPSA) is 57.8 Å². The third kappa shape index (κ3) is 4.23. The lowest BCUT2D eigenvalue weighted by molar-refractivity contribution is -0.120. The lowest BCUT2D eigenvalue weighted by Gasteiger charge is -2.16. The van der Waals surface area contributed by atoms with Crippen molar-refractivity contribution in [2.45, 2.75) is 17.0 Å². The third-order valence-electron chi connectivity index (χ3n) is 4.32. The lowest BCUT2D eigenvalue weighted by Crippen LogP contribution is -2.27. The first-order valence-corrected chi connectivity index (χ1v) is 9.75. The fourth-order valence-corrected chi connectivity index (χ4v) is 3.91. The number of aromatic amines is 1. The Balaban J connectivity index is 1.54. The molecule has 1 heterocycles. The van der Waals surface area contributed by atoms with E-state index in [1.165, 1.54) is 23.9 Å². The number of carbonyl (C=O) groups excluding carboxylic acids is 1. The summed E-state index contributed by atoms with van der Waals surface area (Å²) in [7, 11) is 0. The minimum absolute atomic E-state index is 0.124. The number of fused-ring (bicyclic) bond motifs is 1. The maximum absolute atomic E-state index is 13.1. The number of hydrogen-bond acceptors (Lipinski definition) is 3. The molecule has 1 unspecified atom stereocenters. The van der Waals surface area contributed by atoms with Crippen LogP contribution in [0.4, 0.5) is 4.39 Å². The van der Waals surface area contributed by atoms with Crippen molar-refractivity contribution in [3.63, 3.8) is 0 Å². The van der Waals surface area contributed by atoms with Crippen molar-refractivity contribution in [2.24, 2.45) is 0 Å². The predicted octanol–water partition coefficient (Wildman–Crippen LogP) is 4.85. The van der Waals surface area contributed by atoms with Gasteiger partial charge >= 0.3 is 0 Å². The number of nitrogens with one attached hydrogen (secondary N) is 2. The van der Waals surface area contributed by atoms with E-state index in [4.69, 9.17) is 0 Å². The summed E-state index contributed by atoms with van der Waals surface area (Å²) in [5.41, 5.74) is 3.53. The summed E-state index contributed by atoms with van der Waals surface area (Å²) in [5.74, 6) is -0.418. The number of imidazole rings is 1. The molecule has 0 aliphatic rings. The summed E-state index contributed by atoms with van der Waals surface area (Å²) in [4.78, 5) is 20.8. The van der Waals surface area contributed by atoms with Crippen LogP contribution in [0.25, 0.3) is 11.0 Å². The summed E-state index contributed by atoms with van der Waals surface area (Å²) in [5, 5.41) is 3.18. The Bertz CT molecular complexity index is 1050. The molecule has 6 heteroatoms. The summed E-state index contributed by atoms with van der Waals surface area (Å²) >= 11 is 1.37. The van der Waals surface area contributed by atoms with Crippen LogP contribution in [0, 0.1) is 5.82 Å². The Morgan fingerprint density at radius 3 is 2.46 bits per heavy atom. The van der Waals surface area contributed by atoms with Gasteiger partial charge in [0.05, 0.1) is 11.0 Å². The SMILES string of the molecule is O=C(NCc1ccc(F)cc1)C(Sc1nc2ccccc2[nH]1)c1ccccc1. The zero-order valence-electron chi connectivity index (χ0n) is 14.9. The Morgan fingerprint density at radius 1 is 1.00 bits per heavy atom. The van der Waals surface area contributed by atoms with Gasteiger partial charge in [0, 0.05) is 6.54 Å². The summed E-state index contributed by atoms with van der Waals surface area (Å²) in [6.07, 6.45) is 0. The summed E-state index contributed by atoms with van der Waals surface area (Å²) in [6.45, 7) is 0.336. The third-order valence-corrected chi connectivity index (χ3v) is 5.46. The molecule has 0 fully saturated rings. The van der Waals surface area contributed by atoms with E-state index < -0.39 is 5.25 Å². The molecule has 1 atom stereocenters. The molecule has 0 aliphatic carbocycles. The first-order valence-electron chi connectivity index (χ1n) is 8.87. The van der Waals surface area contributed by atoms with Gasteiger partial charge < -0.3 is 10.3 Å². The lowest BCUT2D eigenvalue weighted by atomic mass is 10.1. The van der Waals surface area contributed by atoms with Crippen LogP contribution >= 0.6 is 11.8 Å². The number of aromatic nitrogens is 2. The molecule has 4 rings (SSSR count). The number of halogens is 1. The highest BCUT2D eigenvalue weighted by Gasteiger charge is 2.23. The van der Waals surface area contributed by atoms with E-state index in [1.807, 2.05) is 54.6 Å². The second kappa shape index (κ2) is 8.27. The standard InChI is InChI=1S/C22H18FN3OS/c23-17-12-10-15(11-13-17)14-24-21(27)20(16-6-2-1-3-7-16)28-22-25-18-8-4-5-9-19(18)26-22/h1-13,20H,14H2,(H,24,27)(H,25,26). The van der Waals surface area contributed by atoms with E-state index in [9.17, 15) is 9.18 Å². The van der Waals surface area contributed by atoms with Gasteiger partial charge in [-0.2, -0.15) is 0 Å². The van der Waals surface area contributed by atoms with Crippen LogP contribution in [0.3, 0.4) is 0 Å². The number of carbonyl (C=O) groups is 1. The van der Waals surface area contributed by atoms with Gasteiger partial charge in [0.1, 0.15) is 11.1 Å². The fourth-order valence-electron chi connectivity index (χ4n) is 2.88. The van der Waals surface area contributed by atoms with Gasteiger partial charge in [-0.1, -0.05) is 66.4 Å². The first kappa shape index (κ1) is 18.3. The van der Waals surface area contributed by atoms with E-state index in [1.54, 1.807) is 12.1 Å². The van der Waals surface area contributed by atoms with Crippen molar-refractivity contribution in [3.8, 4) is 0 Å². The average Bonchev–Trinajstić information content (AvgIpc) is 3.15. The minimum atomic E-state index is -0.456. The van der Waals surface area contributed by atoms with E-state index in [-0.39, 0.29) is 11.7 Å². The average molecular weight is 391 g/mol. The fraction of sp³-hybridized carbons (Fsp3) is 0.0909. The van der Waals surface area contributed by atoms with Crippen molar-refractivity contribution in [3.05, 3.63) is 95.8 Å². The Labute approximate surface area is 166 Å². The Morgan fingerprint density at radius 2 is 1.71 bits per heavy atom. The highest BCUT2D eigenvalue weighted by molar-refractivity contribution is 8.00. The Kier molecular flexibility index (Phi) is 5.39. The van der Waals surface area contributed by atoms with Crippen molar-refractivity contribution in [1.29, 1.82) is 0 Å². The number of para-hydroxylation sites is 2. The number of nitrogens with zero attached hydrogens (tertiary/aromatic N) is 1. The maximum Gasteiger partial charge on any atom is 0.238 e. The van der Waals surface area contributed by atoms with E-state index in [0.717, 1.165) is 22.2 Å². The highest BCUT2D eigenvalue weighted by Crippen LogP contribution is 2.34. The number of H-pyrrole nitrogens is 1. The number of rotatable bonds is 6. The molecular formula is C22H18FN3OS. The molecule has 3 aromatic carbocycles. The van der Waals surface area contributed by atoms with Crippen LogP contribution in [0.5, 0.6) is 0 Å². The smallest absolute Gasteiger partial charge is 0.238 e.